The fraction of sp³-hybridized carbons (Fsp3) is 0.0952. The lowest BCUT2D eigenvalue weighted by molar-refractivity contribution is 1.14. The topological polar surface area (TPSA) is 86.5 Å². The fourth-order valence-electron chi connectivity index (χ4n) is 2.69. The van der Waals surface area contributed by atoms with Gasteiger partial charge in [0.1, 0.15) is 17.5 Å². The van der Waals surface area contributed by atoms with Gasteiger partial charge in [0.15, 0.2) is 0 Å². The first-order valence-electron chi connectivity index (χ1n) is 7.96. The van der Waals surface area contributed by atoms with Gasteiger partial charge in [0.2, 0.25) is 0 Å². The molecule has 1 aromatic heterocycles. The van der Waals surface area contributed by atoms with Crippen LogP contribution in [0, 0.1) is 22.7 Å². The minimum absolute atomic E-state index is 0.207. The number of rotatable bonds is 3. The number of aryl methyl sites for hydroxylation is 1. The summed E-state index contributed by atoms with van der Waals surface area (Å²) in [5, 5.41) is 18.4. The van der Waals surface area contributed by atoms with E-state index in [9.17, 15) is 5.26 Å². The third-order valence-electron chi connectivity index (χ3n) is 4.14. The van der Waals surface area contributed by atoms with Crippen LogP contribution in [0.4, 0.5) is 5.82 Å². The summed E-state index contributed by atoms with van der Waals surface area (Å²) in [5.74, 6) is 0.207. The van der Waals surface area contributed by atoms with Crippen molar-refractivity contribution in [2.75, 3.05) is 5.73 Å². The van der Waals surface area contributed by atoms with Crippen LogP contribution in [-0.4, -0.2) is 4.98 Å². The Hall–Kier alpha value is -3.63. The average molecular weight is 324 g/mol. The molecule has 0 spiro atoms. The molecule has 0 aliphatic heterocycles. The average Bonchev–Trinajstić information content (AvgIpc) is 2.67. The van der Waals surface area contributed by atoms with Gasteiger partial charge in [-0.1, -0.05) is 43.3 Å². The third-order valence-corrected chi connectivity index (χ3v) is 4.14. The van der Waals surface area contributed by atoms with Crippen molar-refractivity contribution < 1.29 is 0 Å². The lowest BCUT2D eigenvalue weighted by Crippen LogP contribution is -2.00. The lowest BCUT2D eigenvalue weighted by Gasteiger charge is -2.11. The van der Waals surface area contributed by atoms with Gasteiger partial charge in [-0.3, -0.25) is 0 Å². The molecule has 0 fully saturated rings. The first kappa shape index (κ1) is 16.2. The van der Waals surface area contributed by atoms with Crippen LogP contribution in [0.1, 0.15) is 23.6 Å². The minimum atomic E-state index is 0.207. The van der Waals surface area contributed by atoms with Crippen molar-refractivity contribution in [1.29, 1.82) is 10.5 Å². The zero-order chi connectivity index (χ0) is 17.8. The normalized spacial score (nSPS) is 10.0. The Labute approximate surface area is 146 Å². The second kappa shape index (κ2) is 6.86. The molecule has 0 unspecified atom stereocenters. The van der Waals surface area contributed by atoms with Crippen LogP contribution in [0.2, 0.25) is 0 Å². The Morgan fingerprint density at radius 2 is 1.56 bits per heavy atom. The van der Waals surface area contributed by atoms with Crippen LogP contribution >= 0.6 is 0 Å². The first-order chi connectivity index (χ1) is 12.2. The van der Waals surface area contributed by atoms with Crippen molar-refractivity contribution in [3.8, 4) is 34.5 Å². The van der Waals surface area contributed by atoms with Crippen molar-refractivity contribution in [3.63, 3.8) is 0 Å². The Balaban J connectivity index is 2.14. The molecule has 0 saturated carbocycles. The minimum Gasteiger partial charge on any atom is -0.383 e. The van der Waals surface area contributed by atoms with Gasteiger partial charge in [-0.05, 0) is 35.7 Å². The Bertz CT molecular complexity index is 988. The number of pyridine rings is 1. The van der Waals surface area contributed by atoms with E-state index in [0.717, 1.165) is 23.1 Å². The van der Waals surface area contributed by atoms with Crippen molar-refractivity contribution in [3.05, 3.63) is 71.3 Å². The molecule has 1 heterocycles. The molecule has 0 amide bonds. The zero-order valence-corrected chi connectivity index (χ0v) is 13.8. The molecule has 2 N–H and O–H groups in total. The molecule has 2 aromatic carbocycles. The highest BCUT2D eigenvalue weighted by Gasteiger charge is 2.13. The van der Waals surface area contributed by atoms with Crippen molar-refractivity contribution in [2.24, 2.45) is 0 Å². The van der Waals surface area contributed by atoms with Crippen molar-refractivity contribution >= 4 is 5.82 Å². The lowest BCUT2D eigenvalue weighted by atomic mass is 9.97. The molecule has 120 valence electrons. The molecule has 0 aliphatic rings. The van der Waals surface area contributed by atoms with Gasteiger partial charge in [0.25, 0.3) is 0 Å². The number of nitrogen functional groups attached to an aromatic ring is 1. The molecule has 3 rings (SSSR count). The van der Waals surface area contributed by atoms with Gasteiger partial charge >= 0.3 is 0 Å². The molecular formula is C21H16N4. The van der Waals surface area contributed by atoms with Gasteiger partial charge in [-0.15, -0.1) is 0 Å². The maximum Gasteiger partial charge on any atom is 0.142 e. The highest BCUT2D eigenvalue weighted by Crippen LogP contribution is 2.31. The molecule has 3 aromatic rings. The van der Waals surface area contributed by atoms with Gasteiger partial charge in [0.05, 0.1) is 17.3 Å². The summed E-state index contributed by atoms with van der Waals surface area (Å²) < 4.78 is 0. The van der Waals surface area contributed by atoms with E-state index in [-0.39, 0.29) is 5.82 Å². The quantitative estimate of drug-likeness (QED) is 0.778. The fourth-order valence-corrected chi connectivity index (χ4v) is 2.69. The first-order valence-corrected chi connectivity index (χ1v) is 7.96. The highest BCUT2D eigenvalue weighted by molar-refractivity contribution is 5.80. The van der Waals surface area contributed by atoms with Gasteiger partial charge in [-0.2, -0.15) is 10.5 Å². The number of nitriles is 2. The molecule has 0 bridgehead atoms. The SMILES string of the molecule is CCc1ccc(-c2cc(-c3ccc(C#N)cc3)nc(N)c2C#N)cc1. The number of nitrogens with two attached hydrogens (primary N) is 1. The predicted octanol–water partition coefficient (Wildman–Crippen LogP) is 4.30. The smallest absolute Gasteiger partial charge is 0.142 e. The van der Waals surface area contributed by atoms with E-state index >= 15 is 0 Å². The Morgan fingerprint density at radius 1 is 0.920 bits per heavy atom. The Morgan fingerprint density at radius 3 is 2.12 bits per heavy atom. The predicted molar refractivity (Wildman–Crippen MR) is 98.3 cm³/mol. The van der Waals surface area contributed by atoms with E-state index in [1.807, 2.05) is 30.3 Å². The van der Waals surface area contributed by atoms with Crippen LogP contribution in [-0.2, 0) is 6.42 Å². The molecule has 25 heavy (non-hydrogen) atoms. The summed E-state index contributed by atoms with van der Waals surface area (Å²) >= 11 is 0. The molecule has 0 radical (unpaired) electrons. The number of nitrogens with zero attached hydrogens (tertiary/aromatic N) is 3. The largest absolute Gasteiger partial charge is 0.383 e. The number of hydrogen-bond acceptors (Lipinski definition) is 4. The van der Waals surface area contributed by atoms with E-state index < -0.39 is 0 Å². The van der Waals surface area contributed by atoms with E-state index in [1.165, 1.54) is 5.56 Å². The number of hydrogen-bond donors (Lipinski definition) is 1. The Kier molecular flexibility index (Phi) is 4.46. The van der Waals surface area contributed by atoms with Gasteiger partial charge in [0, 0.05) is 11.1 Å². The maximum absolute atomic E-state index is 9.49. The van der Waals surface area contributed by atoms with E-state index in [4.69, 9.17) is 11.0 Å². The number of benzene rings is 2. The summed E-state index contributed by atoms with van der Waals surface area (Å²) in [6, 6.07) is 21.4. The second-order valence-electron chi connectivity index (χ2n) is 5.67. The van der Waals surface area contributed by atoms with E-state index in [0.29, 0.717) is 16.8 Å². The summed E-state index contributed by atoms with van der Waals surface area (Å²) in [6.45, 7) is 2.10. The maximum atomic E-state index is 9.49. The number of anilines is 1. The zero-order valence-electron chi connectivity index (χ0n) is 13.8. The van der Waals surface area contributed by atoms with Crippen LogP contribution in [0.5, 0.6) is 0 Å². The molecule has 4 heteroatoms. The third kappa shape index (κ3) is 3.20. The molecule has 0 atom stereocenters. The van der Waals surface area contributed by atoms with Gasteiger partial charge in [-0.25, -0.2) is 4.98 Å². The second-order valence-corrected chi connectivity index (χ2v) is 5.67. The van der Waals surface area contributed by atoms with Crippen LogP contribution < -0.4 is 5.73 Å². The summed E-state index contributed by atoms with van der Waals surface area (Å²) in [5.41, 5.74) is 11.4. The summed E-state index contributed by atoms with van der Waals surface area (Å²) in [7, 11) is 0. The highest BCUT2D eigenvalue weighted by atomic mass is 14.8. The van der Waals surface area contributed by atoms with Crippen LogP contribution in [0.15, 0.2) is 54.6 Å². The van der Waals surface area contributed by atoms with Gasteiger partial charge < -0.3 is 5.73 Å². The van der Waals surface area contributed by atoms with E-state index in [1.54, 1.807) is 12.1 Å². The van der Waals surface area contributed by atoms with E-state index in [2.05, 4.69) is 36.2 Å². The van der Waals surface area contributed by atoms with Crippen molar-refractivity contribution in [2.45, 2.75) is 13.3 Å². The van der Waals surface area contributed by atoms with Crippen LogP contribution in [0.25, 0.3) is 22.4 Å². The summed E-state index contributed by atoms with van der Waals surface area (Å²) in [4.78, 5) is 4.36. The monoisotopic (exact) mass is 324 g/mol. The molecule has 0 saturated heterocycles. The molecular weight excluding hydrogens is 308 g/mol. The summed E-state index contributed by atoms with van der Waals surface area (Å²) in [6.07, 6.45) is 0.959. The standard InChI is InChI=1S/C21H16N4/c1-2-14-3-7-16(8-4-14)18-11-20(25-21(24)19(18)13-23)17-9-5-15(12-22)6-10-17/h3-11H,2H2,1H3,(H2,24,25). The molecule has 4 nitrogen and oxygen atoms in total. The van der Waals surface area contributed by atoms with Crippen molar-refractivity contribution in [1.82, 2.24) is 4.98 Å². The number of aromatic nitrogens is 1. The van der Waals surface area contributed by atoms with Crippen LogP contribution in [0.3, 0.4) is 0 Å². The molecule has 0 aliphatic carbocycles.